The molecular weight excluding hydrogens is 381 g/mol. The number of nitrogens with one attached hydrogen (secondary N) is 2. The molecule has 8 heteroatoms. The lowest BCUT2D eigenvalue weighted by molar-refractivity contribution is -0.134. The lowest BCUT2D eigenvalue weighted by Gasteiger charge is -2.30. The predicted octanol–water partition coefficient (Wildman–Crippen LogP) is 3.76. The molecule has 1 aromatic carbocycles. The highest BCUT2D eigenvalue weighted by Crippen LogP contribution is 2.34. The SMILES string of the molecule is Cc1cc(C(=O)NN2C(=O)NC3(CCCCC3)C2=O)sc1-c1ccc(F)cc1. The van der Waals surface area contributed by atoms with Gasteiger partial charge in [-0.25, -0.2) is 9.18 Å². The lowest BCUT2D eigenvalue weighted by atomic mass is 9.82. The normalized spacial score (nSPS) is 18.4. The van der Waals surface area contributed by atoms with Crippen LogP contribution in [0.4, 0.5) is 9.18 Å². The minimum atomic E-state index is -0.882. The van der Waals surface area contributed by atoms with Crippen LogP contribution >= 0.6 is 11.3 Å². The van der Waals surface area contributed by atoms with Crippen molar-refractivity contribution in [1.82, 2.24) is 15.8 Å². The van der Waals surface area contributed by atoms with Gasteiger partial charge >= 0.3 is 6.03 Å². The maximum atomic E-state index is 13.2. The van der Waals surface area contributed by atoms with Gasteiger partial charge in [-0.05, 0) is 49.1 Å². The molecule has 4 amide bonds. The van der Waals surface area contributed by atoms with Crippen molar-refractivity contribution in [1.29, 1.82) is 0 Å². The van der Waals surface area contributed by atoms with Gasteiger partial charge in [0.25, 0.3) is 11.8 Å². The summed E-state index contributed by atoms with van der Waals surface area (Å²) >= 11 is 1.24. The molecule has 2 aromatic rings. The molecule has 1 saturated heterocycles. The number of rotatable bonds is 3. The first-order valence-electron chi connectivity index (χ1n) is 9.24. The number of halogens is 1. The predicted molar refractivity (Wildman–Crippen MR) is 103 cm³/mol. The summed E-state index contributed by atoms with van der Waals surface area (Å²) in [4.78, 5) is 39.0. The minimum Gasteiger partial charge on any atom is -0.322 e. The molecule has 0 unspecified atom stereocenters. The fraction of sp³-hybridized carbons (Fsp3) is 0.350. The van der Waals surface area contributed by atoms with Crippen molar-refractivity contribution in [3.05, 3.63) is 46.6 Å². The summed E-state index contributed by atoms with van der Waals surface area (Å²) in [5, 5.41) is 3.57. The summed E-state index contributed by atoms with van der Waals surface area (Å²) in [6.07, 6.45) is 3.98. The zero-order chi connectivity index (χ0) is 19.9. The number of aryl methyl sites for hydroxylation is 1. The molecule has 1 aliphatic carbocycles. The Kier molecular flexibility index (Phi) is 4.66. The van der Waals surface area contributed by atoms with E-state index in [1.807, 2.05) is 6.92 Å². The van der Waals surface area contributed by atoms with Gasteiger partial charge < -0.3 is 5.32 Å². The zero-order valence-electron chi connectivity index (χ0n) is 15.4. The molecule has 2 N–H and O–H groups in total. The van der Waals surface area contributed by atoms with E-state index in [4.69, 9.17) is 0 Å². The number of carbonyl (C=O) groups excluding carboxylic acids is 3. The number of thiophene rings is 1. The van der Waals surface area contributed by atoms with E-state index in [1.165, 1.54) is 23.5 Å². The summed E-state index contributed by atoms with van der Waals surface area (Å²) in [6, 6.07) is 7.15. The summed E-state index contributed by atoms with van der Waals surface area (Å²) in [7, 11) is 0. The largest absolute Gasteiger partial charge is 0.344 e. The van der Waals surface area contributed by atoms with Crippen molar-refractivity contribution >= 4 is 29.2 Å². The molecular formula is C20H20FN3O3S. The van der Waals surface area contributed by atoms with Crippen LogP contribution in [0, 0.1) is 12.7 Å². The van der Waals surface area contributed by atoms with Crippen LogP contribution in [0.3, 0.4) is 0 Å². The summed E-state index contributed by atoms with van der Waals surface area (Å²) in [5.74, 6) is -1.23. The molecule has 4 rings (SSSR count). The van der Waals surface area contributed by atoms with Gasteiger partial charge in [0.05, 0.1) is 4.88 Å². The van der Waals surface area contributed by atoms with E-state index < -0.39 is 23.4 Å². The lowest BCUT2D eigenvalue weighted by Crippen LogP contribution is -2.50. The molecule has 28 heavy (non-hydrogen) atoms. The molecule has 2 heterocycles. The maximum absolute atomic E-state index is 13.2. The second kappa shape index (κ2) is 7.01. The number of benzene rings is 1. The van der Waals surface area contributed by atoms with Crippen LogP contribution in [0.5, 0.6) is 0 Å². The van der Waals surface area contributed by atoms with Crippen LogP contribution in [-0.4, -0.2) is 28.4 Å². The average Bonchev–Trinajstić information content (AvgIpc) is 3.17. The molecule has 1 aromatic heterocycles. The molecule has 2 fully saturated rings. The third-order valence-corrected chi connectivity index (χ3v) is 6.62. The average molecular weight is 401 g/mol. The Morgan fingerprint density at radius 1 is 1.18 bits per heavy atom. The van der Waals surface area contributed by atoms with Gasteiger partial charge in [-0.2, -0.15) is 5.01 Å². The van der Waals surface area contributed by atoms with Crippen LogP contribution < -0.4 is 10.7 Å². The second-order valence-electron chi connectivity index (χ2n) is 7.28. The number of hydrogen-bond acceptors (Lipinski definition) is 4. The van der Waals surface area contributed by atoms with Crippen molar-refractivity contribution in [3.63, 3.8) is 0 Å². The standard InChI is InChI=1S/C20H20FN3O3S/c1-12-11-15(28-16(12)13-5-7-14(21)8-6-13)17(25)23-24-18(26)20(22-19(24)27)9-3-2-4-10-20/h5-8,11H,2-4,9-10H2,1H3,(H,22,27)(H,23,25). The Bertz CT molecular complexity index is 948. The minimum absolute atomic E-state index is 0.328. The first kappa shape index (κ1) is 18.6. The van der Waals surface area contributed by atoms with E-state index in [1.54, 1.807) is 18.2 Å². The van der Waals surface area contributed by atoms with Gasteiger partial charge in [0.15, 0.2) is 0 Å². The fourth-order valence-electron chi connectivity index (χ4n) is 3.85. The Morgan fingerprint density at radius 3 is 2.54 bits per heavy atom. The molecule has 1 spiro atoms. The van der Waals surface area contributed by atoms with Crippen molar-refractivity contribution < 1.29 is 18.8 Å². The Hall–Kier alpha value is -2.74. The molecule has 146 valence electrons. The molecule has 2 aliphatic rings. The first-order valence-corrected chi connectivity index (χ1v) is 10.1. The van der Waals surface area contributed by atoms with Crippen molar-refractivity contribution in [3.8, 4) is 10.4 Å². The summed E-state index contributed by atoms with van der Waals surface area (Å²) in [5.41, 5.74) is 3.24. The highest BCUT2D eigenvalue weighted by molar-refractivity contribution is 7.17. The Balaban J connectivity index is 1.53. The highest BCUT2D eigenvalue weighted by atomic mass is 32.1. The number of hydrogen-bond donors (Lipinski definition) is 2. The van der Waals surface area contributed by atoms with E-state index in [0.717, 1.165) is 40.3 Å². The van der Waals surface area contributed by atoms with Gasteiger partial charge in [0.2, 0.25) is 0 Å². The first-order chi connectivity index (χ1) is 13.4. The van der Waals surface area contributed by atoms with Gasteiger partial charge in [-0.15, -0.1) is 11.3 Å². The van der Waals surface area contributed by atoms with Crippen LogP contribution in [0.2, 0.25) is 0 Å². The fourth-order valence-corrected chi connectivity index (χ4v) is 4.92. The van der Waals surface area contributed by atoms with Crippen molar-refractivity contribution in [2.75, 3.05) is 0 Å². The Morgan fingerprint density at radius 2 is 1.86 bits per heavy atom. The smallest absolute Gasteiger partial charge is 0.322 e. The monoisotopic (exact) mass is 401 g/mol. The molecule has 0 bridgehead atoms. The number of amides is 4. The topological polar surface area (TPSA) is 78.5 Å². The number of nitrogens with zero attached hydrogens (tertiary/aromatic N) is 1. The number of imide groups is 1. The molecule has 1 aliphatic heterocycles. The van der Waals surface area contributed by atoms with E-state index in [-0.39, 0.29) is 5.82 Å². The quantitative estimate of drug-likeness (QED) is 0.769. The van der Waals surface area contributed by atoms with Gasteiger partial charge in [-0.1, -0.05) is 31.4 Å². The zero-order valence-corrected chi connectivity index (χ0v) is 16.2. The van der Waals surface area contributed by atoms with Crippen LogP contribution in [0.15, 0.2) is 30.3 Å². The second-order valence-corrected chi connectivity index (χ2v) is 8.34. The van der Waals surface area contributed by atoms with E-state index >= 15 is 0 Å². The number of carbonyl (C=O) groups is 3. The van der Waals surface area contributed by atoms with Crippen LogP contribution in [-0.2, 0) is 4.79 Å². The summed E-state index contributed by atoms with van der Waals surface area (Å²) < 4.78 is 13.2. The van der Waals surface area contributed by atoms with Crippen LogP contribution in [0.25, 0.3) is 10.4 Å². The van der Waals surface area contributed by atoms with E-state index in [9.17, 15) is 18.8 Å². The maximum Gasteiger partial charge on any atom is 0.344 e. The third kappa shape index (κ3) is 3.17. The van der Waals surface area contributed by atoms with E-state index in [0.29, 0.717) is 17.7 Å². The van der Waals surface area contributed by atoms with Gasteiger partial charge in [0.1, 0.15) is 11.4 Å². The number of hydrazine groups is 1. The molecule has 6 nitrogen and oxygen atoms in total. The number of urea groups is 1. The van der Waals surface area contributed by atoms with Gasteiger partial charge in [0, 0.05) is 4.88 Å². The molecule has 0 radical (unpaired) electrons. The van der Waals surface area contributed by atoms with Crippen molar-refractivity contribution in [2.24, 2.45) is 0 Å². The van der Waals surface area contributed by atoms with Gasteiger partial charge in [-0.3, -0.25) is 15.0 Å². The Labute approximate surface area is 165 Å². The van der Waals surface area contributed by atoms with Crippen LogP contribution in [0.1, 0.15) is 47.3 Å². The molecule has 0 atom stereocenters. The van der Waals surface area contributed by atoms with Crippen molar-refractivity contribution in [2.45, 2.75) is 44.6 Å². The third-order valence-electron chi connectivity index (χ3n) is 5.33. The molecule has 1 saturated carbocycles. The van der Waals surface area contributed by atoms with E-state index in [2.05, 4.69) is 10.7 Å². The summed E-state index contributed by atoms with van der Waals surface area (Å²) in [6.45, 7) is 1.86. The highest BCUT2D eigenvalue weighted by Gasteiger charge is 2.52.